The minimum absolute atomic E-state index is 0.0137. The number of nitrogens with zero attached hydrogens (tertiary/aromatic N) is 4. The van der Waals surface area contributed by atoms with Crippen molar-refractivity contribution in [1.29, 1.82) is 0 Å². The second-order valence-electron chi connectivity index (χ2n) is 12.2. The third-order valence-electron chi connectivity index (χ3n) is 7.23. The van der Waals surface area contributed by atoms with Crippen LogP contribution in [-0.2, 0) is 27.6 Å². The molecule has 1 saturated carbocycles. The highest BCUT2D eigenvalue weighted by Gasteiger charge is 2.43. The minimum atomic E-state index is -4.09. The van der Waals surface area contributed by atoms with E-state index in [9.17, 15) is 13.2 Å². The standard InChI is InChI=1S/C29H36N6O4S/c1-28(2,3)16-24-30-22-15-21(13-14-23(22)35(24)17-18-7-8-18)40(37,38)29(4,5)26(36)32-27-31-25(33-34-27)19-9-11-20(39-6)12-10-19/h9-15,18H,7-8,16-17H2,1-6H3,(H2,31,32,33,34,36). The van der Waals surface area contributed by atoms with Crippen molar-refractivity contribution >= 4 is 32.7 Å². The van der Waals surface area contributed by atoms with Gasteiger partial charge in [-0.05, 0) is 80.5 Å². The molecule has 212 valence electrons. The Kier molecular flexibility index (Phi) is 6.98. The summed E-state index contributed by atoms with van der Waals surface area (Å²) in [7, 11) is -2.51. The number of rotatable bonds is 9. The molecule has 0 atom stereocenters. The first-order valence-electron chi connectivity index (χ1n) is 13.4. The Morgan fingerprint density at radius 1 is 1.07 bits per heavy atom. The average Bonchev–Trinajstić information content (AvgIpc) is 3.50. The number of imidazole rings is 1. The highest BCUT2D eigenvalue weighted by atomic mass is 32.2. The van der Waals surface area contributed by atoms with E-state index in [4.69, 9.17) is 9.72 Å². The summed E-state index contributed by atoms with van der Waals surface area (Å²) in [6, 6.07) is 12.1. The van der Waals surface area contributed by atoms with Crippen LogP contribution < -0.4 is 10.1 Å². The lowest BCUT2D eigenvalue weighted by molar-refractivity contribution is -0.117. The molecule has 2 heterocycles. The topological polar surface area (TPSA) is 132 Å². The molecule has 0 aliphatic heterocycles. The number of aromatic amines is 1. The number of hydrogen-bond donors (Lipinski definition) is 2. The van der Waals surface area contributed by atoms with Gasteiger partial charge in [-0.15, -0.1) is 5.10 Å². The van der Waals surface area contributed by atoms with Gasteiger partial charge in [0.25, 0.3) is 0 Å². The van der Waals surface area contributed by atoms with Gasteiger partial charge < -0.3 is 9.30 Å². The average molecular weight is 565 g/mol. The zero-order valence-electron chi connectivity index (χ0n) is 23.8. The molecule has 11 heteroatoms. The molecule has 10 nitrogen and oxygen atoms in total. The van der Waals surface area contributed by atoms with Gasteiger partial charge in [-0.25, -0.2) is 13.4 Å². The molecule has 2 aromatic carbocycles. The van der Waals surface area contributed by atoms with Crippen molar-refractivity contribution < 1.29 is 17.9 Å². The summed E-state index contributed by atoms with van der Waals surface area (Å²) in [5.74, 6) is 1.97. The van der Waals surface area contributed by atoms with Crippen LogP contribution in [0.5, 0.6) is 5.75 Å². The van der Waals surface area contributed by atoms with E-state index in [2.05, 4.69) is 45.8 Å². The van der Waals surface area contributed by atoms with Gasteiger partial charge in [-0.3, -0.25) is 15.2 Å². The molecule has 1 amide bonds. The monoisotopic (exact) mass is 564 g/mol. The van der Waals surface area contributed by atoms with Gasteiger partial charge in [-0.1, -0.05) is 20.8 Å². The molecule has 1 fully saturated rings. The number of nitrogens with one attached hydrogen (secondary N) is 2. The number of aromatic nitrogens is 5. The Morgan fingerprint density at radius 2 is 1.77 bits per heavy atom. The normalized spacial score (nSPS) is 14.4. The first-order valence-corrected chi connectivity index (χ1v) is 14.9. The molecule has 0 unspecified atom stereocenters. The summed E-state index contributed by atoms with van der Waals surface area (Å²) in [6.45, 7) is 10.2. The zero-order chi connectivity index (χ0) is 28.9. The number of carbonyl (C=O) groups is 1. The SMILES string of the molecule is COc1ccc(-c2nc(NC(=O)C(C)(C)S(=O)(=O)c3ccc4c(c3)nc(CC(C)(C)C)n4CC3CC3)n[nH]2)cc1. The van der Waals surface area contributed by atoms with Crippen molar-refractivity contribution in [3.8, 4) is 17.1 Å². The maximum Gasteiger partial charge on any atom is 0.249 e. The third-order valence-corrected chi connectivity index (χ3v) is 9.63. The summed E-state index contributed by atoms with van der Waals surface area (Å²) in [6.07, 6.45) is 3.19. The first kappa shape index (κ1) is 27.8. The van der Waals surface area contributed by atoms with Gasteiger partial charge in [0.1, 0.15) is 16.3 Å². The third kappa shape index (κ3) is 5.47. The molecule has 2 aromatic heterocycles. The summed E-state index contributed by atoms with van der Waals surface area (Å²) >= 11 is 0. The van der Waals surface area contributed by atoms with Gasteiger partial charge in [0.2, 0.25) is 11.9 Å². The zero-order valence-corrected chi connectivity index (χ0v) is 24.6. The van der Waals surface area contributed by atoms with E-state index in [0.29, 0.717) is 23.0 Å². The maximum atomic E-state index is 13.8. The largest absolute Gasteiger partial charge is 0.497 e. The molecule has 1 aliphatic rings. The number of methoxy groups -OCH3 is 1. The molecule has 40 heavy (non-hydrogen) atoms. The highest BCUT2D eigenvalue weighted by Crippen LogP contribution is 2.35. The number of fused-ring (bicyclic) bond motifs is 1. The second-order valence-corrected chi connectivity index (χ2v) is 14.7. The predicted molar refractivity (Wildman–Crippen MR) is 154 cm³/mol. The van der Waals surface area contributed by atoms with Crippen molar-refractivity contribution in [3.05, 3.63) is 48.3 Å². The lowest BCUT2D eigenvalue weighted by atomic mass is 9.92. The van der Waals surface area contributed by atoms with Crippen LogP contribution in [0.25, 0.3) is 22.4 Å². The molecule has 5 rings (SSSR count). The van der Waals surface area contributed by atoms with Crippen molar-refractivity contribution in [3.63, 3.8) is 0 Å². The van der Waals surface area contributed by atoms with E-state index >= 15 is 0 Å². The Labute approximate surface area is 234 Å². The van der Waals surface area contributed by atoms with E-state index in [1.165, 1.54) is 26.7 Å². The molecule has 0 bridgehead atoms. The minimum Gasteiger partial charge on any atom is -0.497 e. The van der Waals surface area contributed by atoms with Gasteiger partial charge in [-0.2, -0.15) is 4.98 Å². The molecular formula is C29H36N6O4S. The molecule has 0 saturated heterocycles. The van der Waals surface area contributed by atoms with Gasteiger partial charge in [0.15, 0.2) is 15.7 Å². The maximum absolute atomic E-state index is 13.8. The van der Waals surface area contributed by atoms with Gasteiger partial charge in [0.05, 0.1) is 23.0 Å². The lowest BCUT2D eigenvalue weighted by Crippen LogP contribution is -2.44. The fourth-order valence-electron chi connectivity index (χ4n) is 4.56. The van der Waals surface area contributed by atoms with Gasteiger partial charge >= 0.3 is 0 Å². The molecule has 0 radical (unpaired) electrons. The fraction of sp³-hybridized carbons (Fsp3) is 0.448. The molecule has 2 N–H and O–H groups in total. The van der Waals surface area contributed by atoms with E-state index in [0.717, 1.165) is 29.9 Å². The quantitative estimate of drug-likeness (QED) is 0.292. The predicted octanol–water partition coefficient (Wildman–Crippen LogP) is 5.02. The molecular weight excluding hydrogens is 528 g/mol. The molecule has 0 spiro atoms. The van der Waals surface area contributed by atoms with Crippen LogP contribution >= 0.6 is 0 Å². The number of H-pyrrole nitrogens is 1. The van der Waals surface area contributed by atoms with Crippen LogP contribution in [0.2, 0.25) is 0 Å². The smallest absolute Gasteiger partial charge is 0.249 e. The van der Waals surface area contributed by atoms with E-state index in [1.54, 1.807) is 43.5 Å². The second kappa shape index (κ2) is 10.0. The van der Waals surface area contributed by atoms with Crippen LogP contribution in [0.15, 0.2) is 47.4 Å². The van der Waals surface area contributed by atoms with Crippen LogP contribution in [0, 0.1) is 11.3 Å². The Hall–Kier alpha value is -3.73. The van der Waals surface area contributed by atoms with Crippen LogP contribution in [0.3, 0.4) is 0 Å². The van der Waals surface area contributed by atoms with Crippen molar-refractivity contribution in [2.24, 2.45) is 11.3 Å². The van der Waals surface area contributed by atoms with Crippen LogP contribution in [0.1, 0.15) is 53.3 Å². The Bertz CT molecular complexity index is 1660. The Morgan fingerprint density at radius 3 is 2.40 bits per heavy atom. The number of hydrogen-bond acceptors (Lipinski definition) is 7. The van der Waals surface area contributed by atoms with E-state index < -0.39 is 20.5 Å². The Balaban J connectivity index is 1.39. The van der Waals surface area contributed by atoms with Crippen molar-refractivity contribution in [2.75, 3.05) is 12.4 Å². The molecule has 1 aliphatic carbocycles. The summed E-state index contributed by atoms with van der Waals surface area (Å²) in [4.78, 5) is 22.5. The summed E-state index contributed by atoms with van der Waals surface area (Å²) in [5.41, 5.74) is 2.31. The van der Waals surface area contributed by atoms with Crippen molar-refractivity contribution in [1.82, 2.24) is 24.7 Å². The number of benzene rings is 2. The first-order chi connectivity index (χ1) is 18.8. The lowest BCUT2D eigenvalue weighted by Gasteiger charge is -2.23. The van der Waals surface area contributed by atoms with Crippen molar-refractivity contribution in [2.45, 2.75) is 70.1 Å². The number of amides is 1. The van der Waals surface area contributed by atoms with Gasteiger partial charge in [0, 0.05) is 18.5 Å². The highest BCUT2D eigenvalue weighted by molar-refractivity contribution is 7.93. The fourth-order valence-corrected chi connectivity index (χ4v) is 5.96. The summed E-state index contributed by atoms with van der Waals surface area (Å²) in [5, 5.41) is 9.38. The number of ether oxygens (including phenoxy) is 1. The van der Waals surface area contributed by atoms with E-state index in [-0.39, 0.29) is 16.3 Å². The number of carbonyl (C=O) groups excluding carboxylic acids is 1. The number of sulfone groups is 1. The number of anilines is 1. The van der Waals surface area contributed by atoms with E-state index in [1.807, 2.05) is 6.07 Å². The summed E-state index contributed by atoms with van der Waals surface area (Å²) < 4.78 is 33.1. The van der Waals surface area contributed by atoms with Crippen LogP contribution in [0.4, 0.5) is 5.95 Å². The molecule has 4 aromatic rings. The van der Waals surface area contributed by atoms with Crippen LogP contribution in [-0.4, -0.2) is 50.9 Å².